The van der Waals surface area contributed by atoms with Crippen LogP contribution in [0.3, 0.4) is 0 Å². The highest BCUT2D eigenvalue weighted by Gasteiger charge is 2.18. The Morgan fingerprint density at radius 2 is 1.85 bits per heavy atom. The number of hydrogen-bond donors (Lipinski definition) is 1. The van der Waals surface area contributed by atoms with Crippen molar-refractivity contribution in [3.05, 3.63) is 53.6 Å². The lowest BCUT2D eigenvalue weighted by Gasteiger charge is -2.07. The van der Waals surface area contributed by atoms with E-state index in [1.807, 2.05) is 0 Å². The predicted molar refractivity (Wildman–Crippen MR) is 95.0 cm³/mol. The number of phenolic OH excluding ortho intramolecular Hbond substituents is 1. The number of aromatic hydroxyl groups is 1. The fourth-order valence-electron chi connectivity index (χ4n) is 2.74. The lowest BCUT2D eigenvalue weighted by Crippen LogP contribution is -2.00. The van der Waals surface area contributed by atoms with Crippen LogP contribution in [-0.4, -0.2) is 24.9 Å². The molecule has 2 aromatic rings. The summed E-state index contributed by atoms with van der Waals surface area (Å²) in [5.41, 5.74) is 0.783. The van der Waals surface area contributed by atoms with Crippen molar-refractivity contribution >= 4 is 12.7 Å². The van der Waals surface area contributed by atoms with Gasteiger partial charge in [0.1, 0.15) is 5.75 Å². The number of nitrogens with zero attached hydrogens (tertiary/aromatic N) is 1. The Hall–Kier alpha value is -2.88. The van der Waals surface area contributed by atoms with E-state index in [0.717, 1.165) is 24.8 Å². The van der Waals surface area contributed by atoms with Gasteiger partial charge in [0.05, 0.1) is 12.7 Å². The Morgan fingerprint density at radius 3 is 2.35 bits per heavy atom. The first-order chi connectivity index (χ1) is 12.5. The average molecular weight is 357 g/mol. The Morgan fingerprint density at radius 1 is 1.15 bits per heavy atom. The fourth-order valence-corrected chi connectivity index (χ4v) is 2.74. The van der Waals surface area contributed by atoms with Crippen molar-refractivity contribution in [1.29, 1.82) is 5.26 Å². The number of benzene rings is 2. The van der Waals surface area contributed by atoms with E-state index in [0.29, 0.717) is 17.8 Å². The molecule has 0 aliphatic carbocycles. The first-order valence-corrected chi connectivity index (χ1v) is 8.22. The van der Waals surface area contributed by atoms with Crippen LogP contribution in [0.15, 0.2) is 36.4 Å². The SMILES string of the molecule is COC(=O)c1ccc(-c2ccc(F)c(F)c2)c(O)c1.N#CB1CCCC1. The van der Waals surface area contributed by atoms with Crippen molar-refractivity contribution in [1.82, 2.24) is 0 Å². The van der Waals surface area contributed by atoms with Gasteiger partial charge in [0, 0.05) is 11.5 Å². The molecule has 1 aliphatic heterocycles. The zero-order chi connectivity index (χ0) is 19.1. The summed E-state index contributed by atoms with van der Waals surface area (Å²) in [7, 11) is 1.22. The minimum Gasteiger partial charge on any atom is -0.507 e. The molecule has 4 nitrogen and oxygen atoms in total. The molecule has 2 aromatic carbocycles. The standard InChI is InChI=1S/C14H10F2O3.C5H8BN/c1-19-14(18)9-2-4-10(13(17)7-9)8-3-5-11(15)12(16)6-8;7-5-6-3-1-2-4-6/h2-7,17H,1H3;1-4H2. The summed E-state index contributed by atoms with van der Waals surface area (Å²) in [6, 6.07) is 7.37. The van der Waals surface area contributed by atoms with Crippen LogP contribution in [0.2, 0.25) is 12.6 Å². The number of rotatable bonds is 2. The van der Waals surface area contributed by atoms with E-state index in [4.69, 9.17) is 5.26 Å². The van der Waals surface area contributed by atoms with Gasteiger partial charge in [-0.3, -0.25) is 0 Å². The van der Waals surface area contributed by atoms with Crippen molar-refractivity contribution in [2.24, 2.45) is 0 Å². The number of carbonyl (C=O) groups is 1. The minimum atomic E-state index is -1.01. The van der Waals surface area contributed by atoms with Gasteiger partial charge >= 0.3 is 5.97 Å². The molecule has 0 amide bonds. The third-order valence-corrected chi connectivity index (χ3v) is 4.19. The van der Waals surface area contributed by atoms with E-state index in [1.54, 1.807) is 0 Å². The largest absolute Gasteiger partial charge is 0.507 e. The second-order valence-electron chi connectivity index (χ2n) is 5.96. The van der Waals surface area contributed by atoms with Crippen LogP contribution in [0.25, 0.3) is 11.1 Å². The van der Waals surface area contributed by atoms with E-state index in [2.05, 4.69) is 10.7 Å². The third-order valence-electron chi connectivity index (χ3n) is 4.19. The smallest absolute Gasteiger partial charge is 0.337 e. The number of phenols is 1. The molecule has 3 rings (SSSR count). The molecule has 134 valence electrons. The Kier molecular flexibility index (Phi) is 6.73. The maximum Gasteiger partial charge on any atom is 0.337 e. The molecule has 1 aliphatic rings. The summed E-state index contributed by atoms with van der Waals surface area (Å²) in [4.78, 5) is 11.3. The zero-order valence-electron chi connectivity index (χ0n) is 14.3. The lowest BCUT2D eigenvalue weighted by atomic mass is 9.50. The Labute approximate surface area is 151 Å². The van der Waals surface area contributed by atoms with Gasteiger partial charge in [0.2, 0.25) is 0 Å². The van der Waals surface area contributed by atoms with Crippen LogP contribution in [-0.2, 0) is 4.74 Å². The number of esters is 1. The minimum absolute atomic E-state index is 0.173. The topological polar surface area (TPSA) is 70.3 Å². The molecule has 0 radical (unpaired) electrons. The van der Waals surface area contributed by atoms with E-state index < -0.39 is 17.6 Å². The van der Waals surface area contributed by atoms with Gasteiger partial charge in [-0.2, -0.15) is 0 Å². The summed E-state index contributed by atoms with van der Waals surface area (Å²) in [6.45, 7) is 0.403. The second-order valence-corrected chi connectivity index (χ2v) is 5.96. The highest BCUT2D eigenvalue weighted by Crippen LogP contribution is 2.31. The molecular formula is C19H18BF2NO3. The summed E-state index contributed by atoms with van der Waals surface area (Å²) in [5, 5.41) is 18.1. The molecule has 0 aromatic heterocycles. The molecule has 7 heteroatoms. The van der Waals surface area contributed by atoms with Gasteiger partial charge in [-0.15, -0.1) is 0 Å². The summed E-state index contributed by atoms with van der Waals surface area (Å²) >= 11 is 0. The van der Waals surface area contributed by atoms with Crippen molar-refractivity contribution < 1.29 is 23.4 Å². The molecule has 1 fully saturated rings. The van der Waals surface area contributed by atoms with Gasteiger partial charge in [-0.1, -0.05) is 31.5 Å². The first kappa shape index (κ1) is 19.4. The second kappa shape index (κ2) is 9.00. The van der Waals surface area contributed by atoms with Gasteiger partial charge in [0.15, 0.2) is 11.6 Å². The number of nitriles is 1. The van der Waals surface area contributed by atoms with E-state index in [1.165, 1.54) is 44.2 Å². The average Bonchev–Trinajstić information content (AvgIpc) is 3.18. The monoisotopic (exact) mass is 357 g/mol. The van der Waals surface area contributed by atoms with Crippen LogP contribution in [0, 0.1) is 22.9 Å². The number of ether oxygens (including phenoxy) is 1. The number of carbonyl (C=O) groups excluding carboxylic acids is 1. The molecule has 1 saturated heterocycles. The summed E-state index contributed by atoms with van der Waals surface area (Å²) in [5.74, 6) is -0.510. The van der Waals surface area contributed by atoms with Crippen molar-refractivity contribution in [2.45, 2.75) is 25.5 Å². The quantitative estimate of drug-likeness (QED) is 0.636. The predicted octanol–water partition coefficient (Wildman–Crippen LogP) is 4.46. The molecule has 26 heavy (non-hydrogen) atoms. The van der Waals surface area contributed by atoms with E-state index in [-0.39, 0.29) is 11.3 Å². The van der Waals surface area contributed by atoms with Crippen molar-refractivity contribution in [3.8, 4) is 22.8 Å². The van der Waals surface area contributed by atoms with Crippen LogP contribution >= 0.6 is 0 Å². The molecule has 0 atom stereocenters. The zero-order valence-corrected chi connectivity index (χ0v) is 14.3. The van der Waals surface area contributed by atoms with Gasteiger partial charge in [-0.05, 0) is 35.9 Å². The normalized spacial score (nSPS) is 12.8. The maximum absolute atomic E-state index is 13.1. The molecule has 0 saturated carbocycles. The van der Waals surface area contributed by atoms with E-state index in [9.17, 15) is 18.7 Å². The van der Waals surface area contributed by atoms with Gasteiger partial charge in [0.25, 0.3) is 6.71 Å². The number of hydrogen-bond acceptors (Lipinski definition) is 4. The van der Waals surface area contributed by atoms with Crippen LogP contribution < -0.4 is 0 Å². The molecule has 0 bridgehead atoms. The molecular weight excluding hydrogens is 339 g/mol. The third kappa shape index (κ3) is 4.82. The highest BCUT2D eigenvalue weighted by molar-refractivity contribution is 6.67. The fraction of sp³-hybridized carbons (Fsp3) is 0.263. The summed E-state index contributed by atoms with van der Waals surface area (Å²) < 4.78 is 30.5. The summed E-state index contributed by atoms with van der Waals surface area (Å²) in [6.07, 6.45) is 4.85. The number of halogens is 2. The highest BCUT2D eigenvalue weighted by atomic mass is 19.2. The molecule has 0 spiro atoms. The lowest BCUT2D eigenvalue weighted by molar-refractivity contribution is 0.0600. The molecule has 1 heterocycles. The van der Waals surface area contributed by atoms with E-state index >= 15 is 0 Å². The number of methoxy groups -OCH3 is 1. The van der Waals surface area contributed by atoms with Crippen LogP contribution in [0.5, 0.6) is 5.75 Å². The molecule has 1 N–H and O–H groups in total. The van der Waals surface area contributed by atoms with Crippen molar-refractivity contribution in [2.75, 3.05) is 7.11 Å². The van der Waals surface area contributed by atoms with Crippen LogP contribution in [0.4, 0.5) is 8.78 Å². The first-order valence-electron chi connectivity index (χ1n) is 8.22. The Balaban J connectivity index is 0.000000290. The van der Waals surface area contributed by atoms with Crippen molar-refractivity contribution in [3.63, 3.8) is 0 Å². The molecule has 0 unspecified atom stereocenters. The van der Waals surface area contributed by atoms with Gasteiger partial charge in [-0.25, -0.2) is 18.8 Å². The van der Waals surface area contributed by atoms with Crippen LogP contribution in [0.1, 0.15) is 23.2 Å². The Bertz CT molecular complexity index is 830. The van der Waals surface area contributed by atoms with Gasteiger partial charge < -0.3 is 9.84 Å². The maximum atomic E-state index is 13.1.